The normalized spacial score (nSPS) is 12.9. The number of fused-ring (bicyclic) bond motifs is 1. The van der Waals surface area contributed by atoms with Crippen LogP contribution in [0.3, 0.4) is 0 Å². The van der Waals surface area contributed by atoms with E-state index in [0.29, 0.717) is 0 Å². The molecule has 0 aliphatic carbocycles. The Balaban J connectivity index is 2.41. The Kier molecular flexibility index (Phi) is 3.76. The molecule has 0 nitrogen and oxygen atoms in total. The quantitative estimate of drug-likeness (QED) is 0.711. The minimum Gasteiger partial charge on any atom is -0.0693 e. The predicted molar refractivity (Wildman–Crippen MR) is 94.0 cm³/mol. The largest absolute Gasteiger partial charge is 0.0776 e. The molecule has 0 amide bonds. The molecule has 0 bridgehead atoms. The number of benzene rings is 2. The average Bonchev–Trinajstić information content (AvgIpc) is 2.24. The molecule has 0 spiro atoms. The molecule has 0 aromatic heterocycles. The Morgan fingerprint density at radius 1 is 0.737 bits per heavy atom. The first-order valence-corrected chi connectivity index (χ1v) is 14.4. The summed E-state index contributed by atoms with van der Waals surface area (Å²) in [6.07, 6.45) is 0. The van der Waals surface area contributed by atoms with E-state index >= 15 is 0 Å². The Bertz CT molecular complexity index is 586. The molecule has 2 rings (SSSR count). The predicted octanol–water partition coefficient (Wildman–Crippen LogP) is 4.80. The fourth-order valence-corrected chi connectivity index (χ4v) is 5.10. The Morgan fingerprint density at radius 2 is 1.32 bits per heavy atom. The summed E-state index contributed by atoms with van der Waals surface area (Å²) in [6.45, 7) is 14.5. The molecule has 2 heteroatoms. The van der Waals surface area contributed by atoms with Crippen LogP contribution >= 0.6 is 0 Å². The molecule has 0 fully saturated rings. The molecule has 0 saturated carbocycles. The molecule has 0 atom stereocenters. The lowest BCUT2D eigenvalue weighted by Crippen LogP contribution is -2.37. The van der Waals surface area contributed by atoms with Crippen molar-refractivity contribution < 1.29 is 0 Å². The van der Waals surface area contributed by atoms with E-state index in [2.05, 4.69) is 75.7 Å². The Labute approximate surface area is 119 Å². The zero-order valence-corrected chi connectivity index (χ0v) is 15.2. The van der Waals surface area contributed by atoms with Gasteiger partial charge in [0.2, 0.25) is 0 Å². The highest BCUT2D eigenvalue weighted by molar-refractivity contribution is 6.88. The summed E-state index contributed by atoms with van der Waals surface area (Å²) in [6, 6.07) is 15.4. The van der Waals surface area contributed by atoms with Crippen molar-refractivity contribution >= 4 is 32.1 Å². The SMILES string of the molecule is C[Si](C)(C)Cc1ccc2cc([Si](C)(C)C)ccc2c1. The van der Waals surface area contributed by atoms with Gasteiger partial charge in [-0.05, 0) is 16.8 Å². The van der Waals surface area contributed by atoms with Crippen molar-refractivity contribution in [2.24, 2.45) is 0 Å². The molecule has 0 aliphatic rings. The van der Waals surface area contributed by atoms with Gasteiger partial charge in [0.1, 0.15) is 0 Å². The molecule has 102 valence electrons. The first kappa shape index (κ1) is 14.5. The van der Waals surface area contributed by atoms with Gasteiger partial charge in [-0.1, -0.05) is 86.4 Å². The van der Waals surface area contributed by atoms with Crippen LogP contribution in [0.5, 0.6) is 0 Å². The Morgan fingerprint density at radius 3 is 1.89 bits per heavy atom. The van der Waals surface area contributed by atoms with Gasteiger partial charge in [0.05, 0.1) is 8.07 Å². The third-order valence-corrected chi connectivity index (χ3v) is 7.02. The third-order valence-electron chi connectivity index (χ3n) is 3.51. The highest BCUT2D eigenvalue weighted by atomic mass is 28.3. The second kappa shape index (κ2) is 4.91. The van der Waals surface area contributed by atoms with Crippen molar-refractivity contribution in [2.45, 2.75) is 45.3 Å². The molecule has 2 aromatic rings. The number of rotatable bonds is 3. The molecule has 0 heterocycles. The number of hydrogen-bond acceptors (Lipinski definition) is 0. The summed E-state index contributed by atoms with van der Waals surface area (Å²) >= 11 is 0. The lowest BCUT2D eigenvalue weighted by molar-refractivity contribution is 1.32. The van der Waals surface area contributed by atoms with Crippen LogP contribution in [0.25, 0.3) is 10.8 Å². The molecule has 19 heavy (non-hydrogen) atoms. The van der Waals surface area contributed by atoms with Crippen LogP contribution < -0.4 is 5.19 Å². The fourth-order valence-electron chi connectivity index (χ4n) is 2.48. The summed E-state index contributed by atoms with van der Waals surface area (Å²) in [5.41, 5.74) is 1.51. The summed E-state index contributed by atoms with van der Waals surface area (Å²) in [7, 11) is -2.21. The maximum Gasteiger partial charge on any atom is 0.0776 e. The summed E-state index contributed by atoms with van der Waals surface area (Å²) < 4.78 is 0. The highest BCUT2D eigenvalue weighted by Gasteiger charge is 2.17. The van der Waals surface area contributed by atoms with Gasteiger partial charge in [-0.15, -0.1) is 0 Å². The second-order valence-electron chi connectivity index (χ2n) is 7.88. The first-order valence-electron chi connectivity index (χ1n) is 7.18. The van der Waals surface area contributed by atoms with Gasteiger partial charge in [-0.25, -0.2) is 0 Å². The topological polar surface area (TPSA) is 0 Å². The van der Waals surface area contributed by atoms with E-state index in [1.54, 1.807) is 5.19 Å². The zero-order chi connectivity index (χ0) is 14.3. The van der Waals surface area contributed by atoms with Crippen molar-refractivity contribution in [1.29, 1.82) is 0 Å². The maximum atomic E-state index is 2.44. The minimum absolute atomic E-state index is 1.02. The summed E-state index contributed by atoms with van der Waals surface area (Å²) in [5.74, 6) is 0. The summed E-state index contributed by atoms with van der Waals surface area (Å²) in [4.78, 5) is 0. The fraction of sp³-hybridized carbons (Fsp3) is 0.412. The van der Waals surface area contributed by atoms with Gasteiger partial charge in [-0.2, -0.15) is 0 Å². The molecule has 2 aromatic carbocycles. The standard InChI is InChI=1S/C17H26Si2/c1-18(2,3)13-14-7-8-16-12-17(19(4,5)6)10-9-15(16)11-14/h7-12H,13H2,1-6H3. The number of hydrogen-bond donors (Lipinski definition) is 0. The molecular weight excluding hydrogens is 260 g/mol. The first-order chi connectivity index (χ1) is 8.65. The smallest absolute Gasteiger partial charge is 0.0693 e. The Hall–Kier alpha value is -0.866. The van der Waals surface area contributed by atoms with Crippen molar-refractivity contribution in [2.75, 3.05) is 0 Å². The van der Waals surface area contributed by atoms with Crippen LogP contribution in [0.4, 0.5) is 0 Å². The third kappa shape index (κ3) is 3.80. The molecule has 0 radical (unpaired) electrons. The van der Waals surface area contributed by atoms with E-state index in [1.807, 2.05) is 0 Å². The van der Waals surface area contributed by atoms with E-state index < -0.39 is 16.1 Å². The lowest BCUT2D eigenvalue weighted by Gasteiger charge is -2.18. The minimum atomic E-state index is -1.20. The van der Waals surface area contributed by atoms with Gasteiger partial charge in [-0.3, -0.25) is 0 Å². The molecular formula is C17H26Si2. The molecule has 0 saturated heterocycles. The van der Waals surface area contributed by atoms with E-state index in [4.69, 9.17) is 0 Å². The van der Waals surface area contributed by atoms with Gasteiger partial charge in [0.25, 0.3) is 0 Å². The molecule has 0 aliphatic heterocycles. The van der Waals surface area contributed by atoms with Crippen LogP contribution in [-0.2, 0) is 6.04 Å². The van der Waals surface area contributed by atoms with Crippen molar-refractivity contribution in [3.8, 4) is 0 Å². The van der Waals surface area contributed by atoms with Crippen LogP contribution in [0.15, 0.2) is 36.4 Å². The van der Waals surface area contributed by atoms with Crippen LogP contribution in [0.2, 0.25) is 39.3 Å². The van der Waals surface area contributed by atoms with Gasteiger partial charge in [0, 0.05) is 8.07 Å². The van der Waals surface area contributed by atoms with E-state index in [9.17, 15) is 0 Å². The van der Waals surface area contributed by atoms with Crippen molar-refractivity contribution in [3.63, 3.8) is 0 Å². The van der Waals surface area contributed by atoms with E-state index in [1.165, 1.54) is 22.4 Å². The van der Waals surface area contributed by atoms with Crippen LogP contribution in [-0.4, -0.2) is 16.1 Å². The molecule has 0 N–H and O–H groups in total. The lowest BCUT2D eigenvalue weighted by atomic mass is 10.1. The van der Waals surface area contributed by atoms with Crippen LogP contribution in [0.1, 0.15) is 5.56 Å². The van der Waals surface area contributed by atoms with E-state index in [-0.39, 0.29) is 0 Å². The van der Waals surface area contributed by atoms with Crippen LogP contribution in [0, 0.1) is 0 Å². The van der Waals surface area contributed by atoms with E-state index in [0.717, 1.165) is 0 Å². The summed E-state index contributed by atoms with van der Waals surface area (Å²) in [5, 5.41) is 4.36. The van der Waals surface area contributed by atoms with Crippen molar-refractivity contribution in [1.82, 2.24) is 0 Å². The van der Waals surface area contributed by atoms with Crippen molar-refractivity contribution in [3.05, 3.63) is 42.0 Å². The monoisotopic (exact) mass is 286 g/mol. The maximum absolute atomic E-state index is 2.44. The second-order valence-corrected chi connectivity index (χ2v) is 18.4. The van der Waals surface area contributed by atoms with Gasteiger partial charge < -0.3 is 0 Å². The highest BCUT2D eigenvalue weighted by Crippen LogP contribution is 2.19. The molecule has 0 unspecified atom stereocenters. The zero-order valence-electron chi connectivity index (χ0n) is 13.2. The van der Waals surface area contributed by atoms with Gasteiger partial charge >= 0.3 is 0 Å². The average molecular weight is 287 g/mol. The van der Waals surface area contributed by atoms with Gasteiger partial charge in [0.15, 0.2) is 0 Å².